The molecule has 0 aliphatic carbocycles. The third-order valence-corrected chi connectivity index (χ3v) is 4.54. The molecule has 1 amide bonds. The largest absolute Gasteiger partial charge is 0.486 e. The van der Waals surface area contributed by atoms with Gasteiger partial charge in [-0.25, -0.2) is 4.79 Å². The lowest BCUT2D eigenvalue weighted by molar-refractivity contribution is -0.385. The Hall–Kier alpha value is -4.02. The van der Waals surface area contributed by atoms with Crippen molar-refractivity contribution in [2.75, 3.05) is 31.7 Å². The maximum Gasteiger partial charge on any atom is 0.346 e. The maximum absolute atomic E-state index is 12.6. The monoisotopic (exact) mass is 430 g/mol. The van der Waals surface area contributed by atoms with Crippen molar-refractivity contribution in [3.05, 3.63) is 46.0 Å². The SMILES string of the molecule is CC(OC(=O)c1cc2c(cc1[N+](=O)[O-])OCCO2)C(=O)Nc1ccc2c(c1)OCCO2. The van der Waals surface area contributed by atoms with E-state index >= 15 is 0 Å². The van der Waals surface area contributed by atoms with Gasteiger partial charge in [0, 0.05) is 17.8 Å². The van der Waals surface area contributed by atoms with E-state index in [1.807, 2.05) is 0 Å². The minimum atomic E-state index is -1.23. The summed E-state index contributed by atoms with van der Waals surface area (Å²) in [5, 5.41) is 14.0. The fourth-order valence-electron chi connectivity index (χ4n) is 3.04. The molecule has 0 fully saturated rings. The second-order valence-corrected chi connectivity index (χ2v) is 6.67. The van der Waals surface area contributed by atoms with Crippen LogP contribution in [-0.2, 0) is 9.53 Å². The van der Waals surface area contributed by atoms with Crippen LogP contribution in [0, 0.1) is 10.1 Å². The van der Waals surface area contributed by atoms with Gasteiger partial charge in [0.25, 0.3) is 11.6 Å². The second kappa shape index (κ2) is 8.38. The first-order chi connectivity index (χ1) is 14.9. The molecule has 31 heavy (non-hydrogen) atoms. The topological polar surface area (TPSA) is 135 Å². The third kappa shape index (κ3) is 4.29. The fourth-order valence-corrected chi connectivity index (χ4v) is 3.04. The molecule has 0 spiro atoms. The molecule has 2 aliphatic rings. The first kappa shape index (κ1) is 20.3. The molecule has 162 valence electrons. The fraction of sp³-hybridized carbons (Fsp3) is 0.300. The average molecular weight is 430 g/mol. The van der Waals surface area contributed by atoms with E-state index in [2.05, 4.69) is 5.32 Å². The van der Waals surface area contributed by atoms with Gasteiger partial charge in [-0.05, 0) is 19.1 Å². The lowest BCUT2D eigenvalue weighted by atomic mass is 10.1. The highest BCUT2D eigenvalue weighted by molar-refractivity contribution is 5.99. The summed E-state index contributed by atoms with van der Waals surface area (Å²) in [4.78, 5) is 35.7. The summed E-state index contributed by atoms with van der Waals surface area (Å²) in [5.41, 5.74) is -0.426. The van der Waals surface area contributed by atoms with E-state index < -0.39 is 28.6 Å². The van der Waals surface area contributed by atoms with Gasteiger partial charge in [0.05, 0.1) is 11.0 Å². The predicted octanol–water partition coefficient (Wildman–Crippen LogP) is 2.32. The molecule has 11 nitrogen and oxygen atoms in total. The molecule has 0 radical (unpaired) electrons. The van der Waals surface area contributed by atoms with Gasteiger partial charge >= 0.3 is 5.97 Å². The summed E-state index contributed by atoms with van der Waals surface area (Å²) < 4.78 is 26.7. The number of hydrogen-bond acceptors (Lipinski definition) is 9. The van der Waals surface area contributed by atoms with Crippen molar-refractivity contribution in [2.45, 2.75) is 13.0 Å². The minimum Gasteiger partial charge on any atom is -0.486 e. The number of nitrogens with zero attached hydrogens (tertiary/aromatic N) is 1. The standard InChI is InChI=1S/C20H18N2O9/c1-11(19(23)21-12-2-3-15-16(8-12)28-5-4-27-15)31-20(24)13-9-17-18(30-7-6-29-17)10-14(13)22(25)26/h2-3,8-11H,4-7H2,1H3,(H,21,23). The van der Waals surface area contributed by atoms with Crippen LogP contribution in [0.1, 0.15) is 17.3 Å². The van der Waals surface area contributed by atoms with E-state index in [1.165, 1.54) is 13.0 Å². The van der Waals surface area contributed by atoms with Crippen LogP contribution in [0.25, 0.3) is 0 Å². The van der Waals surface area contributed by atoms with E-state index in [4.69, 9.17) is 23.7 Å². The smallest absolute Gasteiger partial charge is 0.346 e. The van der Waals surface area contributed by atoms with Crippen LogP contribution in [0.15, 0.2) is 30.3 Å². The summed E-state index contributed by atoms with van der Waals surface area (Å²) in [6.07, 6.45) is -1.23. The highest BCUT2D eigenvalue weighted by Gasteiger charge is 2.29. The summed E-state index contributed by atoms with van der Waals surface area (Å²) in [7, 11) is 0. The zero-order valence-corrected chi connectivity index (χ0v) is 16.4. The maximum atomic E-state index is 12.6. The summed E-state index contributed by atoms with van der Waals surface area (Å²) in [6, 6.07) is 7.14. The van der Waals surface area contributed by atoms with Gasteiger partial charge in [-0.1, -0.05) is 0 Å². The highest BCUT2D eigenvalue weighted by Crippen LogP contribution is 2.37. The zero-order chi connectivity index (χ0) is 22.0. The van der Waals surface area contributed by atoms with Gasteiger partial charge in [0.1, 0.15) is 32.0 Å². The molecule has 2 aromatic rings. The Bertz CT molecular complexity index is 1050. The van der Waals surface area contributed by atoms with Crippen LogP contribution >= 0.6 is 0 Å². The third-order valence-electron chi connectivity index (χ3n) is 4.54. The molecule has 2 heterocycles. The highest BCUT2D eigenvalue weighted by atomic mass is 16.6. The van der Waals surface area contributed by atoms with Crippen LogP contribution < -0.4 is 24.3 Å². The number of esters is 1. The van der Waals surface area contributed by atoms with Crippen molar-refractivity contribution in [3.63, 3.8) is 0 Å². The van der Waals surface area contributed by atoms with Crippen molar-refractivity contribution in [1.82, 2.24) is 0 Å². The number of anilines is 1. The average Bonchev–Trinajstić information content (AvgIpc) is 2.77. The molecule has 0 saturated heterocycles. The number of nitro benzene ring substituents is 1. The lowest BCUT2D eigenvalue weighted by Crippen LogP contribution is -2.30. The van der Waals surface area contributed by atoms with Crippen molar-refractivity contribution >= 4 is 23.3 Å². The normalized spacial score (nSPS) is 14.9. The minimum absolute atomic E-state index is 0.166. The summed E-state index contributed by atoms with van der Waals surface area (Å²) in [5.74, 6) is -0.245. The van der Waals surface area contributed by atoms with Gasteiger partial charge in [-0.2, -0.15) is 0 Å². The van der Waals surface area contributed by atoms with Gasteiger partial charge in [-0.3, -0.25) is 14.9 Å². The summed E-state index contributed by atoms with van der Waals surface area (Å²) in [6.45, 7) is 2.68. The summed E-state index contributed by atoms with van der Waals surface area (Å²) >= 11 is 0. The molecule has 4 rings (SSSR count). The number of amides is 1. The van der Waals surface area contributed by atoms with Crippen molar-refractivity contribution in [2.24, 2.45) is 0 Å². The van der Waals surface area contributed by atoms with E-state index in [0.29, 0.717) is 30.4 Å². The number of rotatable bonds is 5. The van der Waals surface area contributed by atoms with Crippen molar-refractivity contribution < 1.29 is 38.2 Å². The number of benzene rings is 2. The quantitative estimate of drug-likeness (QED) is 0.430. The molecule has 1 unspecified atom stereocenters. The number of nitrogens with one attached hydrogen (secondary N) is 1. The van der Waals surface area contributed by atoms with Gasteiger partial charge in [0.2, 0.25) is 0 Å². The van der Waals surface area contributed by atoms with Crippen molar-refractivity contribution in [1.29, 1.82) is 0 Å². The van der Waals surface area contributed by atoms with Crippen LogP contribution in [0.3, 0.4) is 0 Å². The molecule has 11 heteroatoms. The molecule has 1 atom stereocenters. The zero-order valence-electron chi connectivity index (χ0n) is 16.4. The van der Waals surface area contributed by atoms with Gasteiger partial charge in [0.15, 0.2) is 29.1 Å². The Balaban J connectivity index is 1.47. The van der Waals surface area contributed by atoms with E-state index in [1.54, 1.807) is 18.2 Å². The Morgan fingerprint density at radius 2 is 1.55 bits per heavy atom. The number of carbonyl (C=O) groups is 2. The first-order valence-corrected chi connectivity index (χ1v) is 9.42. The molecular formula is C20H18N2O9. The number of hydrogen-bond donors (Lipinski definition) is 1. The predicted molar refractivity (Wildman–Crippen MR) is 105 cm³/mol. The lowest BCUT2D eigenvalue weighted by Gasteiger charge is -2.20. The molecule has 0 saturated carbocycles. The Morgan fingerprint density at radius 3 is 2.19 bits per heavy atom. The Morgan fingerprint density at radius 1 is 0.968 bits per heavy atom. The molecule has 2 aromatic carbocycles. The Kier molecular flexibility index (Phi) is 5.48. The van der Waals surface area contributed by atoms with Crippen LogP contribution in [-0.4, -0.2) is 49.3 Å². The van der Waals surface area contributed by atoms with Crippen LogP contribution in [0.2, 0.25) is 0 Å². The number of carbonyl (C=O) groups excluding carboxylic acids is 2. The molecule has 0 aromatic heterocycles. The first-order valence-electron chi connectivity index (χ1n) is 9.42. The molecule has 2 aliphatic heterocycles. The van der Waals surface area contributed by atoms with Crippen LogP contribution in [0.5, 0.6) is 23.0 Å². The van der Waals surface area contributed by atoms with Crippen molar-refractivity contribution in [3.8, 4) is 23.0 Å². The van der Waals surface area contributed by atoms with Crippen LogP contribution in [0.4, 0.5) is 11.4 Å². The molecule has 0 bridgehead atoms. The number of ether oxygens (including phenoxy) is 5. The van der Waals surface area contributed by atoms with E-state index in [0.717, 1.165) is 6.07 Å². The molecular weight excluding hydrogens is 412 g/mol. The second-order valence-electron chi connectivity index (χ2n) is 6.67. The van der Waals surface area contributed by atoms with Gasteiger partial charge < -0.3 is 29.0 Å². The van der Waals surface area contributed by atoms with E-state index in [-0.39, 0.29) is 30.3 Å². The van der Waals surface area contributed by atoms with Gasteiger partial charge in [-0.15, -0.1) is 0 Å². The van der Waals surface area contributed by atoms with E-state index in [9.17, 15) is 19.7 Å². The Labute approximate surface area is 175 Å². The number of fused-ring (bicyclic) bond motifs is 2. The molecule has 1 N–H and O–H groups in total. The number of nitro groups is 1.